The van der Waals surface area contributed by atoms with Crippen molar-refractivity contribution in [2.24, 2.45) is 0 Å². The van der Waals surface area contributed by atoms with E-state index in [1.54, 1.807) is 6.07 Å². The van der Waals surface area contributed by atoms with E-state index < -0.39 is 18.6 Å². The molecule has 1 rings (SSSR count). The molecule has 1 aromatic rings. The molecule has 0 radical (unpaired) electrons. The van der Waals surface area contributed by atoms with Crippen molar-refractivity contribution >= 4 is 27.4 Å². The van der Waals surface area contributed by atoms with E-state index in [9.17, 15) is 13.2 Å². The smallest absolute Gasteiger partial charge is 0.391 e. The van der Waals surface area contributed by atoms with Crippen LogP contribution in [0.3, 0.4) is 0 Å². The van der Waals surface area contributed by atoms with Crippen LogP contribution in [0.1, 0.15) is 13.3 Å². The van der Waals surface area contributed by atoms with Gasteiger partial charge < -0.3 is 11.1 Å². The maximum absolute atomic E-state index is 12.1. The summed E-state index contributed by atoms with van der Waals surface area (Å²) in [6, 6.07) is 0.811. The van der Waals surface area contributed by atoms with Gasteiger partial charge in [-0.2, -0.15) is 13.2 Å². The monoisotopic (exact) mass is 297 g/mol. The van der Waals surface area contributed by atoms with Crippen molar-refractivity contribution in [2.45, 2.75) is 25.6 Å². The first-order chi connectivity index (χ1) is 7.28. The van der Waals surface area contributed by atoms with E-state index in [1.807, 2.05) is 0 Å². The van der Waals surface area contributed by atoms with Gasteiger partial charge in [0.25, 0.3) is 0 Å². The van der Waals surface area contributed by atoms with Crippen LogP contribution in [0.5, 0.6) is 0 Å². The second kappa shape index (κ2) is 4.90. The molecule has 1 heterocycles. The molecule has 90 valence electrons. The highest BCUT2D eigenvalue weighted by Gasteiger charge is 2.30. The molecule has 0 amide bonds. The predicted molar refractivity (Wildman–Crippen MR) is 60.1 cm³/mol. The molecule has 3 nitrogen and oxygen atoms in total. The van der Waals surface area contributed by atoms with Gasteiger partial charge in [-0.1, -0.05) is 0 Å². The minimum Gasteiger partial charge on any atom is -0.396 e. The Morgan fingerprint density at radius 1 is 1.56 bits per heavy atom. The standard InChI is InChI=1S/C9H11BrF3N3/c1-5(3-9(11,12)13)16-8-7(14)2-6(10)4-15-8/h2,4-5H,3,14H2,1H3,(H,15,16). The number of aromatic nitrogens is 1. The van der Waals surface area contributed by atoms with Gasteiger partial charge in [-0.05, 0) is 28.9 Å². The van der Waals surface area contributed by atoms with Crippen LogP contribution >= 0.6 is 15.9 Å². The third-order valence-electron chi connectivity index (χ3n) is 1.80. The fraction of sp³-hybridized carbons (Fsp3) is 0.444. The van der Waals surface area contributed by atoms with Crippen LogP contribution in [0, 0.1) is 0 Å². The molecule has 0 aliphatic rings. The SMILES string of the molecule is CC(CC(F)(F)F)Nc1ncc(Br)cc1N. The molecule has 0 aliphatic carbocycles. The van der Waals surface area contributed by atoms with Gasteiger partial charge in [0, 0.05) is 16.7 Å². The second-order valence-corrected chi connectivity index (χ2v) is 4.37. The molecule has 0 spiro atoms. The van der Waals surface area contributed by atoms with Gasteiger partial charge in [0.05, 0.1) is 12.1 Å². The van der Waals surface area contributed by atoms with Crippen LogP contribution < -0.4 is 11.1 Å². The minimum atomic E-state index is -4.20. The van der Waals surface area contributed by atoms with Crippen LogP contribution in [0.2, 0.25) is 0 Å². The summed E-state index contributed by atoms with van der Waals surface area (Å²) >= 11 is 3.16. The Kier molecular flexibility index (Phi) is 4.01. The highest BCUT2D eigenvalue weighted by Crippen LogP contribution is 2.25. The molecule has 3 N–H and O–H groups in total. The van der Waals surface area contributed by atoms with Gasteiger partial charge in [-0.15, -0.1) is 0 Å². The highest BCUT2D eigenvalue weighted by molar-refractivity contribution is 9.10. The van der Waals surface area contributed by atoms with Crippen molar-refractivity contribution in [1.82, 2.24) is 4.98 Å². The van der Waals surface area contributed by atoms with Crippen molar-refractivity contribution in [3.63, 3.8) is 0 Å². The lowest BCUT2D eigenvalue weighted by Gasteiger charge is -2.17. The molecule has 0 saturated heterocycles. The van der Waals surface area contributed by atoms with Gasteiger partial charge in [0.1, 0.15) is 5.82 Å². The van der Waals surface area contributed by atoms with E-state index in [0.29, 0.717) is 10.2 Å². The quantitative estimate of drug-likeness (QED) is 0.901. The third kappa shape index (κ3) is 4.26. The van der Waals surface area contributed by atoms with Crippen molar-refractivity contribution < 1.29 is 13.2 Å². The lowest BCUT2D eigenvalue weighted by molar-refractivity contribution is -0.136. The molecule has 1 aromatic heterocycles. The number of anilines is 2. The Balaban J connectivity index is 2.66. The number of nitrogens with two attached hydrogens (primary N) is 1. The summed E-state index contributed by atoms with van der Waals surface area (Å²) in [5.41, 5.74) is 5.91. The normalized spacial score (nSPS) is 13.6. The maximum Gasteiger partial charge on any atom is 0.391 e. The fourth-order valence-electron chi connectivity index (χ4n) is 1.21. The van der Waals surface area contributed by atoms with E-state index in [2.05, 4.69) is 26.2 Å². The fourth-order valence-corrected chi connectivity index (χ4v) is 1.56. The molecular formula is C9H11BrF3N3. The van der Waals surface area contributed by atoms with E-state index in [0.717, 1.165) is 0 Å². The summed E-state index contributed by atoms with van der Waals surface area (Å²) < 4.78 is 36.9. The van der Waals surface area contributed by atoms with Crippen molar-refractivity contribution in [2.75, 3.05) is 11.1 Å². The van der Waals surface area contributed by atoms with E-state index in [-0.39, 0.29) is 5.82 Å². The average molecular weight is 298 g/mol. The topological polar surface area (TPSA) is 50.9 Å². The summed E-state index contributed by atoms with van der Waals surface area (Å²) in [7, 11) is 0. The molecule has 0 saturated carbocycles. The number of rotatable bonds is 3. The van der Waals surface area contributed by atoms with Crippen LogP contribution in [0.4, 0.5) is 24.7 Å². The molecule has 0 aromatic carbocycles. The summed E-state index contributed by atoms with van der Waals surface area (Å²) in [5, 5.41) is 2.62. The molecule has 1 atom stereocenters. The Labute approximate surface area is 99.4 Å². The van der Waals surface area contributed by atoms with Gasteiger partial charge in [0.2, 0.25) is 0 Å². The van der Waals surface area contributed by atoms with Gasteiger partial charge >= 0.3 is 6.18 Å². The number of hydrogen-bond acceptors (Lipinski definition) is 3. The Morgan fingerprint density at radius 3 is 2.69 bits per heavy atom. The van der Waals surface area contributed by atoms with Gasteiger partial charge in [-0.25, -0.2) is 4.98 Å². The van der Waals surface area contributed by atoms with Gasteiger partial charge in [0.15, 0.2) is 0 Å². The van der Waals surface area contributed by atoms with Crippen LogP contribution in [-0.2, 0) is 0 Å². The Hall–Kier alpha value is -0.980. The molecule has 16 heavy (non-hydrogen) atoms. The number of pyridine rings is 1. The molecule has 0 aliphatic heterocycles. The zero-order chi connectivity index (χ0) is 12.3. The average Bonchev–Trinajstić information content (AvgIpc) is 2.06. The zero-order valence-corrected chi connectivity index (χ0v) is 10.1. The largest absolute Gasteiger partial charge is 0.396 e. The van der Waals surface area contributed by atoms with Crippen LogP contribution in [-0.4, -0.2) is 17.2 Å². The lowest BCUT2D eigenvalue weighted by Crippen LogP contribution is -2.24. The zero-order valence-electron chi connectivity index (χ0n) is 8.48. The third-order valence-corrected chi connectivity index (χ3v) is 2.24. The maximum atomic E-state index is 12.1. The first-order valence-corrected chi connectivity index (χ1v) is 5.31. The predicted octanol–water partition coefficient (Wildman–Crippen LogP) is 3.18. The first-order valence-electron chi connectivity index (χ1n) is 4.52. The van der Waals surface area contributed by atoms with Crippen LogP contribution in [0.25, 0.3) is 0 Å². The van der Waals surface area contributed by atoms with E-state index >= 15 is 0 Å². The van der Waals surface area contributed by atoms with E-state index in [4.69, 9.17) is 5.73 Å². The number of alkyl halides is 3. The highest BCUT2D eigenvalue weighted by atomic mass is 79.9. The second-order valence-electron chi connectivity index (χ2n) is 3.46. The number of nitrogen functional groups attached to an aromatic ring is 1. The number of hydrogen-bond donors (Lipinski definition) is 2. The molecule has 0 bridgehead atoms. The number of nitrogens with one attached hydrogen (secondary N) is 1. The Morgan fingerprint density at radius 2 is 2.19 bits per heavy atom. The van der Waals surface area contributed by atoms with E-state index in [1.165, 1.54) is 13.1 Å². The van der Waals surface area contributed by atoms with Crippen molar-refractivity contribution in [3.05, 3.63) is 16.7 Å². The molecule has 7 heteroatoms. The molecular weight excluding hydrogens is 287 g/mol. The lowest BCUT2D eigenvalue weighted by atomic mass is 10.2. The Bertz CT molecular complexity index is 368. The summed E-state index contributed by atoms with van der Waals surface area (Å²) in [5.74, 6) is 0.264. The summed E-state index contributed by atoms with van der Waals surface area (Å²) in [6.45, 7) is 1.43. The summed E-state index contributed by atoms with van der Waals surface area (Å²) in [6.07, 6.45) is -3.65. The van der Waals surface area contributed by atoms with Crippen molar-refractivity contribution in [1.29, 1.82) is 0 Å². The minimum absolute atomic E-state index is 0.264. The molecule has 1 unspecified atom stereocenters. The number of halogens is 4. The van der Waals surface area contributed by atoms with Crippen LogP contribution in [0.15, 0.2) is 16.7 Å². The summed E-state index contributed by atoms with van der Waals surface area (Å²) in [4.78, 5) is 3.90. The van der Waals surface area contributed by atoms with Crippen molar-refractivity contribution in [3.8, 4) is 0 Å². The first kappa shape index (κ1) is 13.1. The number of nitrogens with zero attached hydrogens (tertiary/aromatic N) is 1. The molecule has 0 fully saturated rings. The van der Waals surface area contributed by atoms with Gasteiger partial charge in [-0.3, -0.25) is 0 Å².